The predicted octanol–water partition coefficient (Wildman–Crippen LogP) is 2.31. The molecule has 0 aromatic carbocycles. The molecule has 0 aromatic rings. The topological polar surface area (TPSA) is 41.1 Å². The zero-order valence-electron chi connectivity index (χ0n) is 11.4. The third kappa shape index (κ3) is 4.16. The molecule has 2 rings (SSSR count). The first-order chi connectivity index (χ1) is 8.79. The van der Waals surface area contributed by atoms with Crippen LogP contribution in [0.2, 0.25) is 0 Å². The van der Waals surface area contributed by atoms with Crippen LogP contribution in [0.5, 0.6) is 0 Å². The summed E-state index contributed by atoms with van der Waals surface area (Å²) >= 11 is 1.83. The highest BCUT2D eigenvalue weighted by Crippen LogP contribution is 2.23. The Morgan fingerprint density at radius 3 is 2.67 bits per heavy atom. The van der Waals surface area contributed by atoms with Crippen molar-refractivity contribution >= 4 is 17.7 Å². The summed E-state index contributed by atoms with van der Waals surface area (Å²) in [4.78, 5) is 12.1. The van der Waals surface area contributed by atoms with Crippen LogP contribution in [0.1, 0.15) is 51.4 Å². The molecule has 3 nitrogen and oxygen atoms in total. The van der Waals surface area contributed by atoms with Crippen LogP contribution in [-0.2, 0) is 4.79 Å². The first kappa shape index (κ1) is 14.2. The van der Waals surface area contributed by atoms with Gasteiger partial charge in [-0.1, -0.05) is 19.3 Å². The fourth-order valence-corrected chi connectivity index (χ4v) is 4.01. The second-order valence-electron chi connectivity index (χ2n) is 5.58. The van der Waals surface area contributed by atoms with E-state index in [4.69, 9.17) is 0 Å². The number of thioether (sulfide) groups is 1. The van der Waals surface area contributed by atoms with Gasteiger partial charge < -0.3 is 10.6 Å². The molecule has 0 aromatic heterocycles. The number of carbonyl (C=O) groups is 1. The summed E-state index contributed by atoms with van der Waals surface area (Å²) in [7, 11) is 0. The normalized spacial score (nSPS) is 27.1. The molecule has 0 spiro atoms. The van der Waals surface area contributed by atoms with Crippen LogP contribution in [0.15, 0.2) is 0 Å². The average Bonchev–Trinajstić information content (AvgIpc) is 2.91. The number of hydrogen-bond acceptors (Lipinski definition) is 3. The van der Waals surface area contributed by atoms with Crippen LogP contribution in [0.4, 0.5) is 0 Å². The van der Waals surface area contributed by atoms with Gasteiger partial charge in [0.15, 0.2) is 0 Å². The van der Waals surface area contributed by atoms with Gasteiger partial charge in [0.1, 0.15) is 0 Å². The van der Waals surface area contributed by atoms with Gasteiger partial charge in [0.25, 0.3) is 0 Å². The minimum absolute atomic E-state index is 0.259. The van der Waals surface area contributed by atoms with Crippen molar-refractivity contribution in [3.63, 3.8) is 0 Å². The highest BCUT2D eigenvalue weighted by atomic mass is 32.2. The lowest BCUT2D eigenvalue weighted by Gasteiger charge is -2.25. The first-order valence-electron chi connectivity index (χ1n) is 7.35. The molecule has 1 saturated carbocycles. The summed E-state index contributed by atoms with van der Waals surface area (Å²) in [6, 6.07) is 0.988. The maximum Gasteiger partial charge on any atom is 0.221 e. The standard InChI is InChI=1S/C14H26N2OS/c1-18-13(12-8-5-9-15-12)10-14(17)16-11-6-3-2-4-7-11/h11-13,15H,2-10H2,1H3,(H,16,17). The SMILES string of the molecule is CSC(CC(=O)NC1CCCCC1)C1CCCN1. The third-order valence-electron chi connectivity index (χ3n) is 4.21. The maximum atomic E-state index is 12.1. The third-order valence-corrected chi connectivity index (χ3v) is 5.31. The molecule has 2 fully saturated rings. The minimum Gasteiger partial charge on any atom is -0.353 e. The summed E-state index contributed by atoms with van der Waals surface area (Å²) in [6.07, 6.45) is 11.5. The Bertz CT molecular complexity index is 261. The average molecular weight is 270 g/mol. The van der Waals surface area contributed by atoms with Gasteiger partial charge in [-0.25, -0.2) is 0 Å². The fourth-order valence-electron chi connectivity index (χ4n) is 3.13. The fraction of sp³-hybridized carbons (Fsp3) is 0.929. The summed E-state index contributed by atoms with van der Waals surface area (Å²) in [5.74, 6) is 0.259. The number of nitrogens with one attached hydrogen (secondary N) is 2. The second kappa shape index (κ2) is 7.39. The van der Waals surface area contributed by atoms with Gasteiger partial charge in [0.05, 0.1) is 0 Å². The van der Waals surface area contributed by atoms with Crippen molar-refractivity contribution in [1.29, 1.82) is 0 Å². The maximum absolute atomic E-state index is 12.1. The molecule has 18 heavy (non-hydrogen) atoms. The number of rotatable bonds is 5. The number of hydrogen-bond donors (Lipinski definition) is 2. The van der Waals surface area contributed by atoms with E-state index in [1.54, 1.807) is 0 Å². The van der Waals surface area contributed by atoms with E-state index < -0.39 is 0 Å². The quantitative estimate of drug-likeness (QED) is 0.805. The second-order valence-corrected chi connectivity index (χ2v) is 6.66. The van der Waals surface area contributed by atoms with Crippen LogP contribution in [0.3, 0.4) is 0 Å². The van der Waals surface area contributed by atoms with Crippen LogP contribution in [-0.4, -0.2) is 36.0 Å². The van der Waals surface area contributed by atoms with Crippen molar-refractivity contribution in [1.82, 2.24) is 10.6 Å². The van der Waals surface area contributed by atoms with Crippen molar-refractivity contribution in [3.05, 3.63) is 0 Å². The van der Waals surface area contributed by atoms with Gasteiger partial charge in [-0.15, -0.1) is 0 Å². The molecule has 104 valence electrons. The summed E-state index contributed by atoms with van der Waals surface area (Å²) in [5, 5.41) is 7.18. The molecular formula is C14H26N2OS. The molecule has 1 aliphatic carbocycles. The molecular weight excluding hydrogens is 244 g/mol. The zero-order valence-corrected chi connectivity index (χ0v) is 12.2. The van der Waals surface area contributed by atoms with E-state index in [2.05, 4.69) is 16.9 Å². The highest BCUT2D eigenvalue weighted by Gasteiger charge is 2.26. The van der Waals surface area contributed by atoms with Gasteiger partial charge in [0, 0.05) is 23.8 Å². The Morgan fingerprint density at radius 1 is 1.28 bits per heavy atom. The Balaban J connectivity index is 1.73. The highest BCUT2D eigenvalue weighted by molar-refractivity contribution is 7.99. The molecule has 1 aliphatic heterocycles. The molecule has 0 bridgehead atoms. The van der Waals surface area contributed by atoms with E-state index in [9.17, 15) is 4.79 Å². The van der Waals surface area contributed by atoms with Gasteiger partial charge in [-0.3, -0.25) is 4.79 Å². The Labute approximate surface area is 115 Å². The molecule has 0 radical (unpaired) electrons. The van der Waals surface area contributed by atoms with Crippen molar-refractivity contribution in [2.75, 3.05) is 12.8 Å². The predicted molar refractivity (Wildman–Crippen MR) is 78.0 cm³/mol. The van der Waals surface area contributed by atoms with Crippen molar-refractivity contribution in [2.24, 2.45) is 0 Å². The van der Waals surface area contributed by atoms with E-state index in [0.29, 0.717) is 23.8 Å². The largest absolute Gasteiger partial charge is 0.353 e. The van der Waals surface area contributed by atoms with Crippen molar-refractivity contribution < 1.29 is 4.79 Å². The molecule has 1 heterocycles. The van der Waals surface area contributed by atoms with E-state index in [1.807, 2.05) is 11.8 Å². The Hall–Kier alpha value is -0.220. The smallest absolute Gasteiger partial charge is 0.221 e. The first-order valence-corrected chi connectivity index (χ1v) is 8.64. The van der Waals surface area contributed by atoms with Crippen LogP contribution >= 0.6 is 11.8 Å². The van der Waals surface area contributed by atoms with E-state index >= 15 is 0 Å². The Kier molecular flexibility index (Phi) is 5.83. The monoisotopic (exact) mass is 270 g/mol. The van der Waals surface area contributed by atoms with Crippen molar-refractivity contribution in [3.8, 4) is 0 Å². The molecule has 2 aliphatic rings. The Morgan fingerprint density at radius 2 is 2.06 bits per heavy atom. The summed E-state index contributed by atoms with van der Waals surface area (Å²) in [6.45, 7) is 1.12. The lowest BCUT2D eigenvalue weighted by Crippen LogP contribution is -2.41. The molecule has 1 amide bonds. The summed E-state index contributed by atoms with van der Waals surface area (Å²) < 4.78 is 0. The van der Waals surface area contributed by atoms with Gasteiger partial charge >= 0.3 is 0 Å². The van der Waals surface area contributed by atoms with Gasteiger partial charge in [-0.05, 0) is 38.5 Å². The number of carbonyl (C=O) groups excluding carboxylic acids is 1. The minimum atomic E-state index is 0.259. The van der Waals surface area contributed by atoms with Crippen molar-refractivity contribution in [2.45, 2.75) is 68.7 Å². The van der Waals surface area contributed by atoms with Crippen LogP contribution in [0, 0.1) is 0 Å². The van der Waals surface area contributed by atoms with E-state index in [-0.39, 0.29) is 5.91 Å². The van der Waals surface area contributed by atoms with Gasteiger partial charge in [0.2, 0.25) is 5.91 Å². The molecule has 4 heteroatoms. The molecule has 2 unspecified atom stereocenters. The summed E-state index contributed by atoms with van der Waals surface area (Å²) in [5.41, 5.74) is 0. The lowest BCUT2D eigenvalue weighted by molar-refractivity contribution is -0.122. The van der Waals surface area contributed by atoms with Gasteiger partial charge in [-0.2, -0.15) is 11.8 Å². The van der Waals surface area contributed by atoms with E-state index in [1.165, 1.54) is 44.9 Å². The molecule has 2 N–H and O–H groups in total. The van der Waals surface area contributed by atoms with E-state index in [0.717, 1.165) is 6.54 Å². The lowest BCUT2D eigenvalue weighted by atomic mass is 9.95. The zero-order chi connectivity index (χ0) is 12.8. The number of amides is 1. The molecule has 2 atom stereocenters. The molecule has 1 saturated heterocycles. The van der Waals surface area contributed by atoms with Crippen LogP contribution in [0.25, 0.3) is 0 Å². The van der Waals surface area contributed by atoms with Crippen LogP contribution < -0.4 is 10.6 Å².